The molecule has 3 aromatic carbocycles. The van der Waals surface area contributed by atoms with Gasteiger partial charge in [0.2, 0.25) is 0 Å². The van der Waals surface area contributed by atoms with Gasteiger partial charge in [-0.25, -0.2) is 4.79 Å². The molecule has 1 heterocycles. The standard InChI is InChI=1S/C32H37N3O2/c1-24(34-21-26-12-15-30-22-33-18-16-29(30)20-26)23-35(31(36)37-32(2,3)4)19-17-25-10-13-28(14-11-25)27-8-6-5-7-9-27/h5-16,18,20,22,24,34H,17,19,21,23H2,1-4H3/t24-/m1/s1. The molecule has 0 aliphatic heterocycles. The fourth-order valence-corrected chi connectivity index (χ4v) is 4.27. The zero-order valence-corrected chi connectivity index (χ0v) is 22.3. The third-order valence-electron chi connectivity index (χ3n) is 6.24. The first-order valence-electron chi connectivity index (χ1n) is 13.0. The first-order chi connectivity index (χ1) is 17.8. The number of aromatic nitrogens is 1. The second kappa shape index (κ2) is 12.0. The van der Waals surface area contributed by atoms with Crippen LogP contribution in [0, 0.1) is 0 Å². The van der Waals surface area contributed by atoms with E-state index in [4.69, 9.17) is 4.74 Å². The van der Waals surface area contributed by atoms with E-state index in [-0.39, 0.29) is 12.1 Å². The molecule has 1 amide bonds. The Bertz CT molecular complexity index is 1300. The number of ether oxygens (including phenoxy) is 1. The van der Waals surface area contributed by atoms with Crippen LogP contribution in [-0.4, -0.2) is 40.7 Å². The van der Waals surface area contributed by atoms with Crippen molar-refractivity contribution in [3.63, 3.8) is 0 Å². The van der Waals surface area contributed by atoms with Crippen molar-refractivity contribution in [1.29, 1.82) is 0 Å². The minimum absolute atomic E-state index is 0.0983. The fraction of sp³-hybridized carbons (Fsp3) is 0.312. The van der Waals surface area contributed by atoms with E-state index in [2.05, 4.69) is 84.0 Å². The summed E-state index contributed by atoms with van der Waals surface area (Å²) >= 11 is 0. The third-order valence-corrected chi connectivity index (χ3v) is 6.24. The smallest absolute Gasteiger partial charge is 0.410 e. The molecule has 0 unspecified atom stereocenters. The predicted molar refractivity (Wildman–Crippen MR) is 151 cm³/mol. The summed E-state index contributed by atoms with van der Waals surface area (Å²) in [7, 11) is 0. The average Bonchev–Trinajstić information content (AvgIpc) is 2.89. The van der Waals surface area contributed by atoms with Gasteiger partial charge in [0, 0.05) is 43.5 Å². The van der Waals surface area contributed by atoms with Gasteiger partial charge in [-0.05, 0) is 73.9 Å². The number of hydrogen-bond donors (Lipinski definition) is 1. The van der Waals surface area contributed by atoms with Crippen molar-refractivity contribution in [2.75, 3.05) is 13.1 Å². The summed E-state index contributed by atoms with van der Waals surface area (Å²) in [5.41, 5.74) is 4.25. The highest BCUT2D eigenvalue weighted by atomic mass is 16.6. The van der Waals surface area contributed by atoms with Crippen LogP contribution in [0.4, 0.5) is 4.79 Å². The van der Waals surface area contributed by atoms with Crippen LogP contribution >= 0.6 is 0 Å². The average molecular weight is 496 g/mol. The van der Waals surface area contributed by atoms with Crippen LogP contribution < -0.4 is 5.32 Å². The maximum absolute atomic E-state index is 13.0. The van der Waals surface area contributed by atoms with Gasteiger partial charge in [0.15, 0.2) is 0 Å². The summed E-state index contributed by atoms with van der Waals surface area (Å²) < 4.78 is 5.73. The van der Waals surface area contributed by atoms with E-state index >= 15 is 0 Å². The molecule has 0 aliphatic rings. The van der Waals surface area contributed by atoms with Crippen molar-refractivity contribution in [2.24, 2.45) is 0 Å². The summed E-state index contributed by atoms with van der Waals surface area (Å²) in [6, 6.07) is 27.5. The summed E-state index contributed by atoms with van der Waals surface area (Å²) in [5, 5.41) is 5.88. The maximum atomic E-state index is 13.0. The molecule has 37 heavy (non-hydrogen) atoms. The van der Waals surface area contributed by atoms with Gasteiger partial charge in [0.1, 0.15) is 5.60 Å². The van der Waals surface area contributed by atoms with E-state index in [9.17, 15) is 4.79 Å². The van der Waals surface area contributed by atoms with Gasteiger partial charge < -0.3 is 15.0 Å². The highest BCUT2D eigenvalue weighted by Crippen LogP contribution is 2.20. The Balaban J connectivity index is 1.37. The van der Waals surface area contributed by atoms with Crippen LogP contribution in [0.3, 0.4) is 0 Å². The molecule has 4 rings (SSSR count). The molecule has 0 saturated carbocycles. The van der Waals surface area contributed by atoms with Gasteiger partial charge in [0.25, 0.3) is 0 Å². The van der Waals surface area contributed by atoms with E-state index in [1.807, 2.05) is 50.2 Å². The third kappa shape index (κ3) is 7.89. The molecule has 4 aromatic rings. The lowest BCUT2D eigenvalue weighted by Gasteiger charge is -2.29. The lowest BCUT2D eigenvalue weighted by Crippen LogP contribution is -2.45. The Morgan fingerprint density at radius 1 is 0.919 bits per heavy atom. The molecule has 0 spiro atoms. The maximum Gasteiger partial charge on any atom is 0.410 e. The second-order valence-electron chi connectivity index (χ2n) is 10.6. The molecule has 0 saturated heterocycles. The number of carbonyl (C=O) groups excluding carboxylic acids is 1. The molecule has 5 nitrogen and oxygen atoms in total. The molecule has 1 atom stereocenters. The van der Waals surface area contributed by atoms with Crippen LogP contribution in [0.2, 0.25) is 0 Å². The summed E-state index contributed by atoms with van der Waals surface area (Å²) in [5.74, 6) is 0. The van der Waals surface area contributed by atoms with Gasteiger partial charge in [-0.15, -0.1) is 0 Å². The van der Waals surface area contributed by atoms with Gasteiger partial charge >= 0.3 is 6.09 Å². The van der Waals surface area contributed by atoms with Gasteiger partial charge in [-0.1, -0.05) is 66.7 Å². The first-order valence-corrected chi connectivity index (χ1v) is 13.0. The number of pyridine rings is 1. The highest BCUT2D eigenvalue weighted by Gasteiger charge is 2.23. The molecule has 5 heteroatoms. The second-order valence-corrected chi connectivity index (χ2v) is 10.6. The highest BCUT2D eigenvalue weighted by molar-refractivity contribution is 5.82. The van der Waals surface area contributed by atoms with E-state index in [0.29, 0.717) is 13.1 Å². The molecule has 1 aromatic heterocycles. The lowest BCUT2D eigenvalue weighted by molar-refractivity contribution is 0.0237. The minimum atomic E-state index is -0.538. The number of benzene rings is 3. The molecular weight excluding hydrogens is 458 g/mol. The molecule has 0 bridgehead atoms. The molecule has 1 N–H and O–H groups in total. The Morgan fingerprint density at radius 2 is 1.62 bits per heavy atom. The van der Waals surface area contributed by atoms with Crippen molar-refractivity contribution in [3.05, 3.63) is 102 Å². The number of fused-ring (bicyclic) bond motifs is 1. The number of nitrogens with zero attached hydrogens (tertiary/aromatic N) is 2. The van der Waals surface area contributed by atoms with E-state index in [1.54, 1.807) is 0 Å². The molecular formula is C32H37N3O2. The van der Waals surface area contributed by atoms with Crippen LogP contribution in [0.25, 0.3) is 21.9 Å². The van der Waals surface area contributed by atoms with E-state index in [0.717, 1.165) is 18.4 Å². The summed E-state index contributed by atoms with van der Waals surface area (Å²) in [4.78, 5) is 19.0. The SMILES string of the molecule is C[C@H](CN(CCc1ccc(-c2ccccc2)cc1)C(=O)OC(C)(C)C)NCc1ccc2cnccc2c1. The number of rotatable bonds is 9. The van der Waals surface area contributed by atoms with Crippen LogP contribution in [0.1, 0.15) is 38.8 Å². The van der Waals surface area contributed by atoms with Gasteiger partial charge in [-0.2, -0.15) is 0 Å². The molecule has 0 radical (unpaired) electrons. The minimum Gasteiger partial charge on any atom is -0.444 e. The van der Waals surface area contributed by atoms with Crippen molar-refractivity contribution < 1.29 is 9.53 Å². The Hall–Kier alpha value is -3.70. The van der Waals surface area contributed by atoms with E-state index in [1.165, 1.54) is 27.6 Å². The Morgan fingerprint density at radius 3 is 2.35 bits per heavy atom. The van der Waals surface area contributed by atoms with Crippen molar-refractivity contribution in [2.45, 2.75) is 52.3 Å². The topological polar surface area (TPSA) is 54.5 Å². The monoisotopic (exact) mass is 495 g/mol. The van der Waals surface area contributed by atoms with Crippen LogP contribution in [-0.2, 0) is 17.7 Å². The normalized spacial score (nSPS) is 12.3. The first kappa shape index (κ1) is 26.4. The van der Waals surface area contributed by atoms with Crippen LogP contribution in [0.15, 0.2) is 91.3 Å². The lowest BCUT2D eigenvalue weighted by atomic mass is 10.0. The Kier molecular flexibility index (Phi) is 8.57. The number of amides is 1. The zero-order valence-electron chi connectivity index (χ0n) is 22.3. The molecule has 0 fully saturated rings. The predicted octanol–water partition coefficient (Wildman–Crippen LogP) is 6.86. The van der Waals surface area contributed by atoms with Crippen molar-refractivity contribution in [3.8, 4) is 11.1 Å². The molecule has 192 valence electrons. The van der Waals surface area contributed by atoms with Gasteiger partial charge in [0.05, 0.1) is 0 Å². The summed E-state index contributed by atoms with van der Waals surface area (Å²) in [6.07, 6.45) is 4.18. The number of hydrogen-bond acceptors (Lipinski definition) is 4. The molecule has 0 aliphatic carbocycles. The van der Waals surface area contributed by atoms with Crippen molar-refractivity contribution in [1.82, 2.24) is 15.2 Å². The van der Waals surface area contributed by atoms with Gasteiger partial charge in [-0.3, -0.25) is 4.98 Å². The summed E-state index contributed by atoms with van der Waals surface area (Å²) in [6.45, 7) is 9.70. The quantitative estimate of drug-likeness (QED) is 0.276. The fourth-order valence-electron chi connectivity index (χ4n) is 4.27. The van der Waals surface area contributed by atoms with Crippen molar-refractivity contribution >= 4 is 16.9 Å². The Labute approximate surface area is 220 Å². The number of carbonyl (C=O) groups is 1. The largest absolute Gasteiger partial charge is 0.444 e. The zero-order chi connectivity index (χ0) is 26.3. The van der Waals surface area contributed by atoms with E-state index < -0.39 is 5.60 Å². The van der Waals surface area contributed by atoms with Crippen LogP contribution in [0.5, 0.6) is 0 Å². The number of nitrogens with one attached hydrogen (secondary N) is 1.